The molecule has 1 saturated heterocycles. The number of aryl methyl sites for hydroxylation is 1. The highest BCUT2D eigenvalue weighted by molar-refractivity contribution is 9.09. The number of nitrogens with zero attached hydrogens (tertiary/aromatic N) is 4. The Hall–Kier alpha value is -0.680. The lowest BCUT2D eigenvalue weighted by molar-refractivity contribution is 0.313. The van der Waals surface area contributed by atoms with Gasteiger partial charge in [0.1, 0.15) is 12.1 Å². The van der Waals surface area contributed by atoms with E-state index in [1.54, 1.807) is 6.33 Å². The lowest BCUT2D eigenvalue weighted by Gasteiger charge is -2.22. The van der Waals surface area contributed by atoms with Crippen LogP contribution in [-0.2, 0) is 6.42 Å². The zero-order valence-corrected chi connectivity index (χ0v) is 13.3. The highest BCUT2D eigenvalue weighted by atomic mass is 79.9. The van der Waals surface area contributed by atoms with E-state index in [1.807, 2.05) is 0 Å². The molecule has 0 aliphatic carbocycles. The number of hydrogen-bond acceptors (Lipinski definition) is 4. The number of rotatable bonds is 5. The van der Waals surface area contributed by atoms with Gasteiger partial charge in [0.2, 0.25) is 0 Å². The molecule has 0 unspecified atom stereocenters. The summed E-state index contributed by atoms with van der Waals surface area (Å²) in [6.07, 6.45) is 5.09. The summed E-state index contributed by atoms with van der Waals surface area (Å²) in [4.78, 5) is 13.7. The van der Waals surface area contributed by atoms with E-state index in [-0.39, 0.29) is 0 Å². The summed E-state index contributed by atoms with van der Waals surface area (Å²) >= 11 is 3.52. The summed E-state index contributed by atoms with van der Waals surface area (Å²) in [7, 11) is 0. The first-order valence-electron chi connectivity index (χ1n) is 7.17. The van der Waals surface area contributed by atoms with Gasteiger partial charge in [-0.2, -0.15) is 0 Å². The van der Waals surface area contributed by atoms with E-state index in [0.717, 1.165) is 55.9 Å². The Morgan fingerprint density at radius 1 is 1.21 bits per heavy atom. The van der Waals surface area contributed by atoms with Crippen molar-refractivity contribution in [3.05, 3.63) is 18.1 Å². The molecule has 0 spiro atoms. The van der Waals surface area contributed by atoms with Gasteiger partial charge in [0, 0.05) is 43.3 Å². The van der Waals surface area contributed by atoms with Crippen molar-refractivity contribution in [2.24, 2.45) is 0 Å². The molecule has 2 heterocycles. The molecule has 2 rings (SSSR count). The first-order valence-corrected chi connectivity index (χ1v) is 8.30. The van der Waals surface area contributed by atoms with Gasteiger partial charge in [-0.05, 0) is 19.4 Å². The van der Waals surface area contributed by atoms with Crippen LogP contribution < -0.4 is 4.90 Å². The summed E-state index contributed by atoms with van der Waals surface area (Å²) in [5, 5.41) is 1.06. The van der Waals surface area contributed by atoms with Crippen molar-refractivity contribution in [1.82, 2.24) is 14.9 Å². The van der Waals surface area contributed by atoms with Gasteiger partial charge in [0.15, 0.2) is 0 Å². The quantitative estimate of drug-likeness (QED) is 0.777. The molecule has 19 heavy (non-hydrogen) atoms. The maximum atomic E-state index is 4.45. The molecule has 1 aliphatic heterocycles. The third-order valence-corrected chi connectivity index (χ3v) is 3.88. The molecule has 4 nitrogen and oxygen atoms in total. The largest absolute Gasteiger partial charge is 0.355 e. The van der Waals surface area contributed by atoms with Crippen molar-refractivity contribution in [3.8, 4) is 0 Å². The zero-order chi connectivity index (χ0) is 13.5. The van der Waals surface area contributed by atoms with E-state index in [2.05, 4.69) is 48.7 Å². The predicted molar refractivity (Wildman–Crippen MR) is 83.1 cm³/mol. The molecule has 1 aliphatic rings. The topological polar surface area (TPSA) is 32.3 Å². The Labute approximate surface area is 124 Å². The van der Waals surface area contributed by atoms with E-state index >= 15 is 0 Å². The lowest BCUT2D eigenvalue weighted by atomic mass is 10.2. The van der Waals surface area contributed by atoms with Crippen molar-refractivity contribution in [2.45, 2.75) is 26.2 Å². The Bertz CT molecular complexity index is 385. The minimum absolute atomic E-state index is 1.04. The average molecular weight is 327 g/mol. The third kappa shape index (κ3) is 4.42. The smallest absolute Gasteiger partial charge is 0.132 e. The van der Waals surface area contributed by atoms with Gasteiger partial charge in [0.25, 0.3) is 0 Å². The molecule has 1 fully saturated rings. The molecule has 0 aromatic carbocycles. The minimum Gasteiger partial charge on any atom is -0.355 e. The number of aromatic nitrogens is 2. The Morgan fingerprint density at radius 2 is 2.11 bits per heavy atom. The summed E-state index contributed by atoms with van der Waals surface area (Å²) in [5.74, 6) is 1.10. The minimum atomic E-state index is 1.04. The van der Waals surface area contributed by atoms with Crippen LogP contribution in [0.1, 0.15) is 25.5 Å². The van der Waals surface area contributed by atoms with Gasteiger partial charge in [-0.3, -0.25) is 0 Å². The fraction of sp³-hybridized carbons (Fsp3) is 0.714. The van der Waals surface area contributed by atoms with Gasteiger partial charge < -0.3 is 9.80 Å². The average Bonchev–Trinajstić information content (AvgIpc) is 2.66. The molecular formula is C14H23BrN4. The van der Waals surface area contributed by atoms with Crippen molar-refractivity contribution in [1.29, 1.82) is 0 Å². The number of hydrogen-bond donors (Lipinski definition) is 0. The second-order valence-electron chi connectivity index (χ2n) is 4.99. The van der Waals surface area contributed by atoms with Crippen LogP contribution in [-0.4, -0.2) is 52.9 Å². The maximum Gasteiger partial charge on any atom is 0.132 e. The standard InChI is InChI=1S/C14H23BrN4/c1-2-4-13-11-14(17-12-16-13)19-7-3-6-18(8-5-15)9-10-19/h11-12H,2-10H2,1H3. The first-order chi connectivity index (χ1) is 9.33. The van der Waals surface area contributed by atoms with Crippen molar-refractivity contribution in [2.75, 3.05) is 43.0 Å². The molecule has 0 bridgehead atoms. The van der Waals surface area contributed by atoms with Crippen LogP contribution in [0.15, 0.2) is 12.4 Å². The highest BCUT2D eigenvalue weighted by Gasteiger charge is 2.15. The normalized spacial score (nSPS) is 17.5. The van der Waals surface area contributed by atoms with Crippen molar-refractivity contribution in [3.63, 3.8) is 0 Å². The SMILES string of the molecule is CCCc1cc(N2CCCN(CCBr)CC2)ncn1. The summed E-state index contributed by atoms with van der Waals surface area (Å²) < 4.78 is 0. The molecule has 0 N–H and O–H groups in total. The second-order valence-corrected chi connectivity index (χ2v) is 5.78. The monoisotopic (exact) mass is 326 g/mol. The van der Waals surface area contributed by atoms with Crippen molar-refractivity contribution >= 4 is 21.7 Å². The van der Waals surface area contributed by atoms with Crippen LogP contribution in [0.2, 0.25) is 0 Å². The van der Waals surface area contributed by atoms with E-state index in [0.29, 0.717) is 0 Å². The van der Waals surface area contributed by atoms with Crippen LogP contribution in [0.25, 0.3) is 0 Å². The number of halogens is 1. The van der Waals surface area contributed by atoms with Gasteiger partial charge in [-0.25, -0.2) is 9.97 Å². The first kappa shape index (κ1) is 14.7. The summed E-state index contributed by atoms with van der Waals surface area (Å²) in [6, 6.07) is 2.16. The van der Waals surface area contributed by atoms with E-state index in [1.165, 1.54) is 13.0 Å². The molecule has 0 saturated carbocycles. The Kier molecular flexibility index (Phi) is 6.04. The van der Waals surface area contributed by atoms with Gasteiger partial charge >= 0.3 is 0 Å². The number of alkyl halides is 1. The maximum absolute atomic E-state index is 4.45. The van der Waals surface area contributed by atoms with Crippen LogP contribution >= 0.6 is 15.9 Å². The van der Waals surface area contributed by atoms with E-state index in [4.69, 9.17) is 0 Å². The zero-order valence-electron chi connectivity index (χ0n) is 11.7. The van der Waals surface area contributed by atoms with Crippen molar-refractivity contribution < 1.29 is 0 Å². The molecule has 106 valence electrons. The van der Waals surface area contributed by atoms with Crippen LogP contribution in [0.3, 0.4) is 0 Å². The van der Waals surface area contributed by atoms with Gasteiger partial charge in [0.05, 0.1) is 0 Å². The fourth-order valence-corrected chi connectivity index (χ4v) is 3.00. The van der Waals surface area contributed by atoms with Gasteiger partial charge in [-0.15, -0.1) is 0 Å². The van der Waals surface area contributed by atoms with E-state index < -0.39 is 0 Å². The summed E-state index contributed by atoms with van der Waals surface area (Å²) in [6.45, 7) is 7.80. The fourth-order valence-electron chi connectivity index (χ4n) is 2.49. The van der Waals surface area contributed by atoms with E-state index in [9.17, 15) is 0 Å². The van der Waals surface area contributed by atoms with Crippen LogP contribution in [0, 0.1) is 0 Å². The van der Waals surface area contributed by atoms with Crippen LogP contribution in [0.4, 0.5) is 5.82 Å². The molecule has 0 radical (unpaired) electrons. The van der Waals surface area contributed by atoms with Gasteiger partial charge in [-0.1, -0.05) is 29.3 Å². The third-order valence-electron chi connectivity index (χ3n) is 3.53. The predicted octanol–water partition coefficient (Wildman–Crippen LogP) is 2.34. The molecule has 1 aromatic rings. The highest BCUT2D eigenvalue weighted by Crippen LogP contribution is 2.15. The van der Waals surface area contributed by atoms with Crippen LogP contribution in [0.5, 0.6) is 0 Å². The molecule has 0 amide bonds. The molecule has 5 heteroatoms. The summed E-state index contributed by atoms with van der Waals surface area (Å²) in [5.41, 5.74) is 1.16. The molecular weight excluding hydrogens is 304 g/mol. The molecule has 1 aromatic heterocycles. The number of anilines is 1. The lowest BCUT2D eigenvalue weighted by Crippen LogP contribution is -2.32. The Balaban J connectivity index is 1.99. The second kappa shape index (κ2) is 7.80. The Morgan fingerprint density at radius 3 is 2.89 bits per heavy atom. The molecule has 0 atom stereocenters.